The molecule has 1 fully saturated rings. The highest BCUT2D eigenvalue weighted by Crippen LogP contribution is 2.26. The fraction of sp³-hybridized carbons (Fsp3) is 0.278. The van der Waals surface area contributed by atoms with E-state index >= 15 is 0 Å². The Kier molecular flexibility index (Phi) is 11.6. The van der Waals surface area contributed by atoms with Crippen LogP contribution in [0.3, 0.4) is 0 Å². The number of anilines is 1. The van der Waals surface area contributed by atoms with Crippen molar-refractivity contribution in [3.05, 3.63) is 114 Å². The van der Waals surface area contributed by atoms with E-state index in [1.807, 2.05) is 66.7 Å². The number of ether oxygens (including phenoxy) is 3. The third-order valence-electron chi connectivity index (χ3n) is 8.10. The molecular formula is C36H40N4O7S. The van der Waals surface area contributed by atoms with Crippen LogP contribution >= 0.6 is 0 Å². The van der Waals surface area contributed by atoms with Gasteiger partial charge in [-0.15, -0.1) is 0 Å². The number of methoxy groups -OCH3 is 1. The maximum atomic E-state index is 13.7. The van der Waals surface area contributed by atoms with Crippen LogP contribution < -0.4 is 25.8 Å². The summed E-state index contributed by atoms with van der Waals surface area (Å²) in [5.41, 5.74) is 10.6. The Hall–Kier alpha value is -4.59. The van der Waals surface area contributed by atoms with Gasteiger partial charge < -0.3 is 25.3 Å². The number of carbonyl (C=O) groups is 2. The molecule has 2 amide bonds. The Morgan fingerprint density at radius 2 is 1.54 bits per heavy atom. The Balaban J connectivity index is 1.20. The number of aryl methyl sites for hydroxylation is 1. The number of imide groups is 1. The number of hydrogen-bond acceptors (Lipinski definition) is 9. The molecule has 3 atom stereocenters. The van der Waals surface area contributed by atoms with Gasteiger partial charge in [-0.3, -0.25) is 4.79 Å². The smallest absolute Gasteiger partial charge is 0.420 e. The first kappa shape index (κ1) is 34.7. The van der Waals surface area contributed by atoms with Gasteiger partial charge in [-0.2, -0.15) is 0 Å². The molecule has 1 aliphatic rings. The van der Waals surface area contributed by atoms with Gasteiger partial charge in [-0.25, -0.2) is 23.3 Å². The highest BCUT2D eigenvalue weighted by Gasteiger charge is 2.31. The van der Waals surface area contributed by atoms with Crippen molar-refractivity contribution in [3.63, 3.8) is 0 Å². The lowest BCUT2D eigenvalue weighted by atomic mass is 9.99. The number of benzene rings is 4. The summed E-state index contributed by atoms with van der Waals surface area (Å²) >= 11 is 0. The molecule has 0 aromatic heterocycles. The number of carbonyl (C=O) groups excluding carboxylic acids is 2. The van der Waals surface area contributed by atoms with Crippen LogP contribution in [0.5, 0.6) is 5.75 Å². The lowest BCUT2D eigenvalue weighted by Gasteiger charge is -2.31. The average Bonchev–Trinajstić information content (AvgIpc) is 3.11. The normalized spacial score (nSPS) is 16.9. The summed E-state index contributed by atoms with van der Waals surface area (Å²) in [5.74, 6) is -0.0663. The Labute approximate surface area is 280 Å². The van der Waals surface area contributed by atoms with E-state index in [0.717, 1.165) is 27.2 Å². The third-order valence-corrected chi connectivity index (χ3v) is 9.03. The zero-order chi connectivity index (χ0) is 34.1. The molecule has 0 aliphatic carbocycles. The van der Waals surface area contributed by atoms with Crippen molar-refractivity contribution in [1.29, 1.82) is 0 Å². The van der Waals surface area contributed by atoms with Gasteiger partial charge in [-0.1, -0.05) is 72.8 Å². The molecule has 4 aromatic rings. The molecule has 0 bridgehead atoms. The number of sulfonamides is 1. The number of nitrogens with one attached hydrogen (secondary N) is 1. The second kappa shape index (κ2) is 16.0. The van der Waals surface area contributed by atoms with E-state index < -0.39 is 28.1 Å². The van der Waals surface area contributed by atoms with E-state index in [9.17, 15) is 18.0 Å². The van der Waals surface area contributed by atoms with Gasteiger partial charge in [0.1, 0.15) is 18.5 Å². The number of para-hydroxylation sites is 1. The van der Waals surface area contributed by atoms with Crippen LogP contribution in [0.2, 0.25) is 0 Å². The lowest BCUT2D eigenvalue weighted by Crippen LogP contribution is -2.48. The van der Waals surface area contributed by atoms with Crippen molar-refractivity contribution in [2.24, 2.45) is 10.9 Å². The summed E-state index contributed by atoms with van der Waals surface area (Å²) in [4.78, 5) is 27.8. The number of nitrogens with zero attached hydrogens (tertiary/aromatic N) is 1. The van der Waals surface area contributed by atoms with E-state index in [1.165, 1.54) is 19.2 Å². The van der Waals surface area contributed by atoms with Crippen molar-refractivity contribution >= 4 is 27.7 Å². The van der Waals surface area contributed by atoms with Gasteiger partial charge >= 0.3 is 6.09 Å². The topological polar surface area (TPSA) is 163 Å². The van der Waals surface area contributed by atoms with E-state index in [4.69, 9.17) is 25.1 Å². The van der Waals surface area contributed by atoms with Crippen molar-refractivity contribution < 1.29 is 32.2 Å². The summed E-state index contributed by atoms with van der Waals surface area (Å²) in [6, 6.07) is 29.9. The molecule has 5 rings (SSSR count). The molecule has 252 valence electrons. The van der Waals surface area contributed by atoms with Gasteiger partial charge in [0.15, 0.2) is 0 Å². The van der Waals surface area contributed by atoms with Crippen LogP contribution in [-0.2, 0) is 37.1 Å². The van der Waals surface area contributed by atoms with E-state index in [-0.39, 0.29) is 30.1 Å². The molecule has 1 heterocycles. The molecule has 0 unspecified atom stereocenters. The first-order valence-corrected chi connectivity index (χ1v) is 17.2. The molecule has 1 saturated heterocycles. The SMILES string of the molecule is COC(=O)N(C(=O)[C@@H](N)Cc1ccc(-c2ccccc2)cc1)c1ccccc1CC[C@@H]1CNC[C@@H](COc2ccc(S(N)(=O)=O)cc2)O1. The number of amides is 2. The molecule has 12 heteroatoms. The fourth-order valence-electron chi connectivity index (χ4n) is 5.58. The predicted molar refractivity (Wildman–Crippen MR) is 183 cm³/mol. The monoisotopic (exact) mass is 672 g/mol. The molecule has 11 nitrogen and oxygen atoms in total. The van der Waals surface area contributed by atoms with Crippen molar-refractivity contribution in [2.45, 2.75) is 42.4 Å². The zero-order valence-electron chi connectivity index (χ0n) is 26.7. The maximum absolute atomic E-state index is 13.7. The van der Waals surface area contributed by atoms with Gasteiger partial charge in [-0.05, 0) is 71.8 Å². The van der Waals surface area contributed by atoms with Crippen LogP contribution in [0.25, 0.3) is 11.1 Å². The first-order chi connectivity index (χ1) is 23.1. The number of hydrogen-bond donors (Lipinski definition) is 3. The molecule has 48 heavy (non-hydrogen) atoms. The van der Waals surface area contributed by atoms with E-state index in [2.05, 4.69) is 5.32 Å². The molecule has 4 aromatic carbocycles. The maximum Gasteiger partial charge on any atom is 0.420 e. The minimum Gasteiger partial charge on any atom is -0.491 e. The molecule has 5 N–H and O–H groups in total. The van der Waals surface area contributed by atoms with Gasteiger partial charge in [0.25, 0.3) is 5.91 Å². The lowest BCUT2D eigenvalue weighted by molar-refractivity contribution is -0.119. The molecule has 0 radical (unpaired) electrons. The summed E-state index contributed by atoms with van der Waals surface area (Å²) in [5, 5.41) is 8.53. The van der Waals surface area contributed by atoms with E-state index in [0.29, 0.717) is 37.4 Å². The summed E-state index contributed by atoms with van der Waals surface area (Å²) < 4.78 is 40.1. The Morgan fingerprint density at radius 3 is 2.23 bits per heavy atom. The number of morpholine rings is 1. The van der Waals surface area contributed by atoms with Crippen LogP contribution in [0, 0.1) is 0 Å². The number of nitrogens with two attached hydrogens (primary N) is 2. The van der Waals surface area contributed by atoms with Crippen molar-refractivity contribution in [1.82, 2.24) is 5.32 Å². The standard InChI is InChI=1S/C36H40N4O7S/c1-45-36(42)40(35(41)33(37)21-25-11-13-27(14-12-25)26-7-3-2-4-8-26)34-10-6-5-9-28(34)15-16-30-22-39-23-31(47-30)24-46-29-17-19-32(20-18-29)48(38,43)44/h2-14,17-20,30-31,33,39H,15-16,21-24,37H2,1H3,(H2,38,43,44)/t30-,31+,33+/m1/s1. The number of rotatable bonds is 12. The van der Waals surface area contributed by atoms with Crippen LogP contribution in [0.4, 0.5) is 10.5 Å². The Morgan fingerprint density at radius 1 is 0.896 bits per heavy atom. The van der Waals surface area contributed by atoms with E-state index in [1.54, 1.807) is 24.3 Å². The summed E-state index contributed by atoms with van der Waals surface area (Å²) in [6.45, 7) is 1.46. The van der Waals surface area contributed by atoms with Crippen molar-refractivity contribution in [2.75, 3.05) is 31.7 Å². The molecule has 0 spiro atoms. The average molecular weight is 673 g/mol. The zero-order valence-corrected chi connectivity index (χ0v) is 27.5. The second-order valence-corrected chi connectivity index (χ2v) is 13.1. The highest BCUT2D eigenvalue weighted by atomic mass is 32.2. The highest BCUT2D eigenvalue weighted by molar-refractivity contribution is 7.89. The van der Waals surface area contributed by atoms with Crippen LogP contribution in [0.15, 0.2) is 108 Å². The van der Waals surface area contributed by atoms with Gasteiger partial charge in [0.2, 0.25) is 10.0 Å². The fourth-order valence-corrected chi connectivity index (χ4v) is 6.10. The number of primary sulfonamides is 1. The van der Waals surface area contributed by atoms with Gasteiger partial charge in [0, 0.05) is 13.1 Å². The van der Waals surface area contributed by atoms with Crippen molar-refractivity contribution in [3.8, 4) is 16.9 Å². The molecular weight excluding hydrogens is 632 g/mol. The molecule has 1 aliphatic heterocycles. The predicted octanol–water partition coefficient (Wildman–Crippen LogP) is 4.04. The molecule has 0 saturated carbocycles. The van der Waals surface area contributed by atoms with Crippen LogP contribution in [-0.4, -0.2) is 65.5 Å². The third kappa shape index (κ3) is 9.06. The minimum absolute atomic E-state index is 0.00838. The largest absolute Gasteiger partial charge is 0.491 e. The Bertz CT molecular complexity index is 1790. The summed E-state index contributed by atoms with van der Waals surface area (Å²) in [6.07, 6.45) is 0.144. The minimum atomic E-state index is -3.78. The second-order valence-electron chi connectivity index (χ2n) is 11.6. The van der Waals surface area contributed by atoms with Crippen LogP contribution in [0.1, 0.15) is 17.5 Å². The first-order valence-electron chi connectivity index (χ1n) is 15.6. The quantitative estimate of drug-likeness (QED) is 0.202. The van der Waals surface area contributed by atoms with Gasteiger partial charge in [0.05, 0.1) is 29.8 Å². The summed E-state index contributed by atoms with van der Waals surface area (Å²) in [7, 11) is -2.55.